The maximum absolute atomic E-state index is 5.72. The maximum atomic E-state index is 5.72. The summed E-state index contributed by atoms with van der Waals surface area (Å²) in [5.41, 5.74) is 3.85. The summed E-state index contributed by atoms with van der Waals surface area (Å²) < 4.78 is 16.5. The van der Waals surface area contributed by atoms with Crippen LogP contribution in [0.1, 0.15) is 16.5 Å². The lowest BCUT2D eigenvalue weighted by Gasteiger charge is -2.22. The van der Waals surface area contributed by atoms with Crippen molar-refractivity contribution in [1.29, 1.82) is 0 Å². The minimum absolute atomic E-state index is 0.138. The van der Waals surface area contributed by atoms with Gasteiger partial charge in [-0.2, -0.15) is 0 Å². The van der Waals surface area contributed by atoms with E-state index in [4.69, 9.17) is 20.1 Å². The van der Waals surface area contributed by atoms with Crippen LogP contribution in [0, 0.1) is 0 Å². The predicted molar refractivity (Wildman–Crippen MR) is 77.5 cm³/mol. The van der Waals surface area contributed by atoms with E-state index in [1.165, 1.54) is 0 Å². The highest BCUT2D eigenvalue weighted by Crippen LogP contribution is 2.38. The van der Waals surface area contributed by atoms with Gasteiger partial charge in [0.15, 0.2) is 11.5 Å². The second-order valence-corrected chi connectivity index (χ2v) is 5.30. The predicted octanol–water partition coefficient (Wildman–Crippen LogP) is 2.08. The van der Waals surface area contributed by atoms with E-state index in [1.54, 1.807) is 18.4 Å². The third-order valence-electron chi connectivity index (χ3n) is 3.21. The van der Waals surface area contributed by atoms with Crippen molar-refractivity contribution in [3.8, 4) is 17.2 Å². The molecule has 1 aliphatic rings. The lowest BCUT2D eigenvalue weighted by Crippen LogP contribution is -2.28. The monoisotopic (exact) mass is 292 g/mol. The molecule has 2 aromatic rings. The largest absolute Gasteiger partial charge is 0.496 e. The highest BCUT2D eigenvalue weighted by atomic mass is 32.1. The van der Waals surface area contributed by atoms with E-state index in [0.717, 1.165) is 27.7 Å². The van der Waals surface area contributed by atoms with Gasteiger partial charge in [0, 0.05) is 0 Å². The second kappa shape index (κ2) is 5.70. The molecule has 0 fully saturated rings. The van der Waals surface area contributed by atoms with E-state index < -0.39 is 0 Å². The first-order chi connectivity index (χ1) is 9.83. The Morgan fingerprint density at radius 2 is 2.05 bits per heavy atom. The number of fused-ring (bicyclic) bond motifs is 1. The molecule has 20 heavy (non-hydrogen) atoms. The highest BCUT2D eigenvalue weighted by Gasteiger charge is 2.21. The molecule has 0 radical (unpaired) electrons. The number of benzene rings is 1. The first-order valence-corrected chi connectivity index (χ1v) is 7.18. The zero-order valence-corrected chi connectivity index (χ0v) is 11.9. The molecule has 0 saturated carbocycles. The van der Waals surface area contributed by atoms with Crippen LogP contribution in [0.15, 0.2) is 29.6 Å². The van der Waals surface area contributed by atoms with E-state index in [0.29, 0.717) is 13.2 Å². The lowest BCUT2D eigenvalue weighted by molar-refractivity contribution is 0.171. The standard InChI is InChI=1S/C14H16N2O3S/c1-17-11-4-7-20-14(11)13(16-15)9-2-3-10-12(8-9)19-6-5-18-10/h2-4,7-8,13,16H,5-6,15H2,1H3. The van der Waals surface area contributed by atoms with Crippen molar-refractivity contribution in [2.45, 2.75) is 6.04 Å². The summed E-state index contributed by atoms with van der Waals surface area (Å²) in [6.45, 7) is 1.16. The third kappa shape index (κ3) is 2.33. The van der Waals surface area contributed by atoms with E-state index in [2.05, 4.69) is 5.43 Å². The highest BCUT2D eigenvalue weighted by molar-refractivity contribution is 7.10. The number of hydrazine groups is 1. The minimum atomic E-state index is -0.138. The summed E-state index contributed by atoms with van der Waals surface area (Å²) in [7, 11) is 1.66. The molecule has 5 nitrogen and oxygen atoms in total. The van der Waals surface area contributed by atoms with Crippen LogP contribution in [0.4, 0.5) is 0 Å². The van der Waals surface area contributed by atoms with Crippen molar-refractivity contribution < 1.29 is 14.2 Å². The van der Waals surface area contributed by atoms with Gasteiger partial charge in [0.05, 0.1) is 18.0 Å². The average Bonchev–Trinajstić information content (AvgIpc) is 2.96. The van der Waals surface area contributed by atoms with Gasteiger partial charge in [-0.25, -0.2) is 5.43 Å². The molecule has 106 valence electrons. The molecule has 0 spiro atoms. The number of rotatable bonds is 4. The first-order valence-electron chi connectivity index (χ1n) is 6.30. The quantitative estimate of drug-likeness (QED) is 0.667. The molecule has 1 atom stereocenters. The average molecular weight is 292 g/mol. The van der Waals surface area contributed by atoms with Crippen molar-refractivity contribution in [2.24, 2.45) is 5.84 Å². The smallest absolute Gasteiger partial charge is 0.161 e. The number of hydrogen-bond acceptors (Lipinski definition) is 6. The molecule has 1 unspecified atom stereocenters. The summed E-state index contributed by atoms with van der Waals surface area (Å²) in [6, 6.07) is 7.65. The molecular formula is C14H16N2O3S. The number of hydrogen-bond donors (Lipinski definition) is 2. The minimum Gasteiger partial charge on any atom is -0.496 e. The Morgan fingerprint density at radius 1 is 1.25 bits per heavy atom. The fourth-order valence-electron chi connectivity index (χ4n) is 2.25. The van der Waals surface area contributed by atoms with Crippen molar-refractivity contribution in [3.63, 3.8) is 0 Å². The molecule has 0 bridgehead atoms. The van der Waals surface area contributed by atoms with Crippen molar-refractivity contribution in [2.75, 3.05) is 20.3 Å². The first kappa shape index (κ1) is 13.2. The van der Waals surface area contributed by atoms with Crippen LogP contribution in [-0.2, 0) is 0 Å². The summed E-state index contributed by atoms with van der Waals surface area (Å²) in [5.74, 6) is 8.08. The molecule has 1 aromatic heterocycles. The van der Waals surface area contributed by atoms with Crippen molar-refractivity contribution in [3.05, 3.63) is 40.1 Å². The van der Waals surface area contributed by atoms with Gasteiger partial charge in [0.25, 0.3) is 0 Å². The summed E-state index contributed by atoms with van der Waals surface area (Å²) >= 11 is 1.60. The zero-order chi connectivity index (χ0) is 13.9. The summed E-state index contributed by atoms with van der Waals surface area (Å²) in [5, 5.41) is 1.98. The SMILES string of the molecule is COc1ccsc1C(NN)c1ccc2c(c1)OCCO2. The molecule has 1 aliphatic heterocycles. The second-order valence-electron chi connectivity index (χ2n) is 4.36. The molecule has 1 aromatic carbocycles. The third-order valence-corrected chi connectivity index (χ3v) is 4.17. The van der Waals surface area contributed by atoms with Gasteiger partial charge >= 0.3 is 0 Å². The van der Waals surface area contributed by atoms with Gasteiger partial charge in [0.2, 0.25) is 0 Å². The van der Waals surface area contributed by atoms with Gasteiger partial charge in [-0.3, -0.25) is 5.84 Å². The molecule has 3 rings (SSSR count). The number of nitrogens with one attached hydrogen (secondary N) is 1. The normalized spacial score (nSPS) is 14.9. The molecule has 0 amide bonds. The van der Waals surface area contributed by atoms with E-state index >= 15 is 0 Å². The Hall–Kier alpha value is -1.76. The van der Waals surface area contributed by atoms with Crippen LogP contribution in [-0.4, -0.2) is 20.3 Å². The number of thiophene rings is 1. The summed E-state index contributed by atoms with van der Waals surface area (Å²) in [6.07, 6.45) is 0. The Bertz CT molecular complexity index is 600. The Labute approximate surface area is 121 Å². The topological polar surface area (TPSA) is 65.7 Å². The zero-order valence-electron chi connectivity index (χ0n) is 11.1. The molecule has 0 saturated heterocycles. The Morgan fingerprint density at radius 3 is 2.80 bits per heavy atom. The van der Waals surface area contributed by atoms with Crippen LogP contribution in [0.25, 0.3) is 0 Å². The fraction of sp³-hybridized carbons (Fsp3) is 0.286. The van der Waals surface area contributed by atoms with Gasteiger partial charge in [-0.1, -0.05) is 6.07 Å². The number of methoxy groups -OCH3 is 1. The number of ether oxygens (including phenoxy) is 3. The van der Waals surface area contributed by atoms with Gasteiger partial charge in [-0.15, -0.1) is 11.3 Å². The van der Waals surface area contributed by atoms with Crippen LogP contribution in [0.5, 0.6) is 17.2 Å². The molecule has 3 N–H and O–H groups in total. The van der Waals surface area contributed by atoms with Crippen LogP contribution in [0.2, 0.25) is 0 Å². The maximum Gasteiger partial charge on any atom is 0.161 e. The molecule has 2 heterocycles. The lowest BCUT2D eigenvalue weighted by atomic mass is 10.0. The fourth-order valence-corrected chi connectivity index (χ4v) is 3.20. The number of nitrogens with two attached hydrogens (primary N) is 1. The van der Waals surface area contributed by atoms with Crippen molar-refractivity contribution in [1.82, 2.24) is 5.43 Å². The Balaban J connectivity index is 1.97. The van der Waals surface area contributed by atoms with Gasteiger partial charge in [0.1, 0.15) is 19.0 Å². The van der Waals surface area contributed by atoms with Gasteiger partial charge < -0.3 is 14.2 Å². The van der Waals surface area contributed by atoms with Crippen LogP contribution < -0.4 is 25.5 Å². The van der Waals surface area contributed by atoms with Crippen molar-refractivity contribution >= 4 is 11.3 Å². The molecule has 0 aliphatic carbocycles. The van der Waals surface area contributed by atoms with Crippen LogP contribution in [0.3, 0.4) is 0 Å². The Kier molecular flexibility index (Phi) is 3.77. The molecule has 6 heteroatoms. The van der Waals surface area contributed by atoms with E-state index in [1.807, 2.05) is 29.6 Å². The van der Waals surface area contributed by atoms with Crippen LogP contribution >= 0.6 is 11.3 Å². The van der Waals surface area contributed by atoms with E-state index in [-0.39, 0.29) is 6.04 Å². The van der Waals surface area contributed by atoms with E-state index in [9.17, 15) is 0 Å². The summed E-state index contributed by atoms with van der Waals surface area (Å²) in [4.78, 5) is 1.03. The van der Waals surface area contributed by atoms with Gasteiger partial charge in [-0.05, 0) is 29.1 Å². The molecular weight excluding hydrogens is 276 g/mol.